The monoisotopic (exact) mass is 392 g/mol. The van der Waals surface area contributed by atoms with E-state index in [1.54, 1.807) is 25.3 Å². The lowest BCUT2D eigenvalue weighted by molar-refractivity contribution is -0.137. The number of hydrogen-bond acceptors (Lipinski definition) is 3. The van der Waals surface area contributed by atoms with Crippen LogP contribution >= 0.6 is 0 Å². The second-order valence-corrected chi connectivity index (χ2v) is 6.14. The van der Waals surface area contributed by atoms with E-state index in [1.807, 2.05) is 0 Å². The van der Waals surface area contributed by atoms with E-state index in [1.165, 1.54) is 38.5 Å². The van der Waals surface area contributed by atoms with Gasteiger partial charge in [0.15, 0.2) is 0 Å². The molecule has 2 aromatic rings. The summed E-state index contributed by atoms with van der Waals surface area (Å²) in [6.45, 7) is 9.95. The van der Waals surface area contributed by atoms with E-state index in [9.17, 15) is 13.2 Å². The summed E-state index contributed by atoms with van der Waals surface area (Å²) < 4.78 is 43.6. The van der Waals surface area contributed by atoms with Gasteiger partial charge in [0, 0.05) is 17.5 Å². The van der Waals surface area contributed by atoms with Crippen molar-refractivity contribution in [2.24, 2.45) is 4.99 Å². The number of methoxy groups -OCH3 is 1. The number of alkyl halides is 3. The van der Waals surface area contributed by atoms with Gasteiger partial charge in [-0.3, -0.25) is 4.98 Å². The highest BCUT2D eigenvalue weighted by atomic mass is 19.4. The molecular weight excluding hydrogens is 365 g/mol. The van der Waals surface area contributed by atoms with Crippen molar-refractivity contribution >= 4 is 11.6 Å². The van der Waals surface area contributed by atoms with E-state index in [0.29, 0.717) is 11.3 Å². The molecule has 0 amide bonds. The molecule has 0 N–H and O–H groups in total. The van der Waals surface area contributed by atoms with E-state index < -0.39 is 11.7 Å². The van der Waals surface area contributed by atoms with Crippen LogP contribution in [-0.4, -0.2) is 18.0 Å². The van der Waals surface area contributed by atoms with E-state index in [4.69, 9.17) is 4.74 Å². The zero-order chi connectivity index (χ0) is 21.2. The summed E-state index contributed by atoms with van der Waals surface area (Å²) in [7, 11) is 1.44. The lowest BCUT2D eigenvalue weighted by atomic mass is 10.1. The standard InChI is InChI=1S/C17H15F3N2O.C5H12/c1-11(13-6-4-7-14(10-13)17(18,19)20)22-16(23-3)15-8-5-9-21-12(15)2;1-3-5-4-2/h4-10H,1H2,2-3H3;3-5H2,1-2H3. The Hall–Kier alpha value is -2.63. The van der Waals surface area contributed by atoms with Crippen LogP contribution < -0.4 is 0 Å². The van der Waals surface area contributed by atoms with Crippen molar-refractivity contribution in [2.75, 3.05) is 7.11 Å². The van der Waals surface area contributed by atoms with E-state index >= 15 is 0 Å². The Morgan fingerprint density at radius 2 is 1.82 bits per heavy atom. The third-order valence-electron chi connectivity index (χ3n) is 3.90. The molecule has 0 fully saturated rings. The Morgan fingerprint density at radius 1 is 1.14 bits per heavy atom. The summed E-state index contributed by atoms with van der Waals surface area (Å²) in [5, 5.41) is 0. The summed E-state index contributed by atoms with van der Waals surface area (Å²) in [5.74, 6) is 0.248. The van der Waals surface area contributed by atoms with Gasteiger partial charge in [-0.25, -0.2) is 4.99 Å². The topological polar surface area (TPSA) is 34.5 Å². The molecule has 0 aliphatic rings. The first-order chi connectivity index (χ1) is 13.2. The van der Waals surface area contributed by atoms with Gasteiger partial charge in [0.2, 0.25) is 5.90 Å². The highest BCUT2D eigenvalue weighted by molar-refractivity contribution is 5.98. The van der Waals surface area contributed by atoms with Gasteiger partial charge in [-0.05, 0) is 31.2 Å². The molecule has 1 heterocycles. The summed E-state index contributed by atoms with van der Waals surface area (Å²) in [4.78, 5) is 8.35. The fourth-order valence-electron chi connectivity index (χ4n) is 2.34. The van der Waals surface area contributed by atoms with Crippen LogP contribution in [0.3, 0.4) is 0 Å². The molecule has 0 aliphatic carbocycles. The summed E-state index contributed by atoms with van der Waals surface area (Å²) in [6, 6.07) is 8.34. The SMILES string of the molecule is C=C(N=C(OC)c1cccnc1C)c1cccc(C(F)(F)F)c1.CCCCC. The van der Waals surface area contributed by atoms with Crippen molar-refractivity contribution in [3.05, 3.63) is 71.6 Å². The van der Waals surface area contributed by atoms with Gasteiger partial charge in [0.1, 0.15) is 0 Å². The van der Waals surface area contributed by atoms with Gasteiger partial charge in [-0.2, -0.15) is 13.2 Å². The number of hydrogen-bond donors (Lipinski definition) is 0. The van der Waals surface area contributed by atoms with Gasteiger partial charge in [-0.1, -0.05) is 51.8 Å². The van der Waals surface area contributed by atoms with Gasteiger partial charge >= 0.3 is 6.18 Å². The van der Waals surface area contributed by atoms with E-state index in [2.05, 4.69) is 30.4 Å². The number of ether oxygens (including phenoxy) is 1. The average molecular weight is 392 g/mol. The van der Waals surface area contributed by atoms with Crippen molar-refractivity contribution < 1.29 is 17.9 Å². The zero-order valence-corrected chi connectivity index (χ0v) is 16.8. The molecule has 0 atom stereocenters. The molecule has 0 bridgehead atoms. The minimum atomic E-state index is -4.41. The van der Waals surface area contributed by atoms with Crippen molar-refractivity contribution in [3.63, 3.8) is 0 Å². The number of rotatable bonds is 5. The van der Waals surface area contributed by atoms with Crippen LogP contribution in [0.15, 0.2) is 54.2 Å². The molecule has 0 radical (unpaired) electrons. The average Bonchev–Trinajstić information content (AvgIpc) is 2.67. The molecule has 28 heavy (non-hydrogen) atoms. The zero-order valence-electron chi connectivity index (χ0n) is 16.8. The van der Waals surface area contributed by atoms with Crippen LogP contribution in [0.4, 0.5) is 13.2 Å². The van der Waals surface area contributed by atoms with Crippen LogP contribution in [0.2, 0.25) is 0 Å². The molecule has 6 heteroatoms. The minimum absolute atomic E-state index is 0.177. The molecule has 0 saturated carbocycles. The number of aromatic nitrogens is 1. The third-order valence-corrected chi connectivity index (χ3v) is 3.90. The molecule has 0 unspecified atom stereocenters. The first-order valence-electron chi connectivity index (χ1n) is 9.15. The maximum atomic E-state index is 12.8. The summed E-state index contributed by atoms with van der Waals surface area (Å²) in [5.41, 5.74) is 1.06. The van der Waals surface area contributed by atoms with E-state index in [0.717, 1.165) is 12.1 Å². The lowest BCUT2D eigenvalue weighted by Crippen LogP contribution is -2.08. The number of pyridine rings is 1. The van der Waals surface area contributed by atoms with Gasteiger partial charge < -0.3 is 4.74 Å². The molecule has 0 aliphatic heterocycles. The Kier molecular flexibility index (Phi) is 9.42. The first kappa shape index (κ1) is 23.4. The lowest BCUT2D eigenvalue weighted by Gasteiger charge is -2.10. The van der Waals surface area contributed by atoms with E-state index in [-0.39, 0.29) is 17.2 Å². The summed E-state index contributed by atoms with van der Waals surface area (Å²) >= 11 is 0. The molecule has 1 aromatic carbocycles. The normalized spacial score (nSPS) is 11.5. The predicted molar refractivity (Wildman–Crippen MR) is 108 cm³/mol. The van der Waals surface area contributed by atoms with Crippen LogP contribution in [0.25, 0.3) is 5.70 Å². The molecule has 1 aromatic heterocycles. The van der Waals surface area contributed by atoms with Crippen molar-refractivity contribution in [1.29, 1.82) is 0 Å². The van der Waals surface area contributed by atoms with Crippen molar-refractivity contribution in [1.82, 2.24) is 4.98 Å². The Morgan fingerprint density at radius 3 is 2.32 bits per heavy atom. The van der Waals surface area contributed by atoms with Gasteiger partial charge in [0.25, 0.3) is 0 Å². The largest absolute Gasteiger partial charge is 0.480 e. The Balaban J connectivity index is 0.000000696. The maximum absolute atomic E-state index is 12.8. The number of aliphatic imine (C=N–C) groups is 1. The van der Waals surface area contributed by atoms with Crippen LogP contribution in [0, 0.1) is 6.92 Å². The van der Waals surface area contributed by atoms with Gasteiger partial charge in [-0.15, -0.1) is 0 Å². The molecule has 0 spiro atoms. The van der Waals surface area contributed by atoms with Crippen molar-refractivity contribution in [2.45, 2.75) is 46.2 Å². The molecular formula is C22H27F3N2O. The second kappa shape index (κ2) is 11.3. The summed E-state index contributed by atoms with van der Waals surface area (Å²) in [6.07, 6.45) is 1.30. The van der Waals surface area contributed by atoms with Gasteiger partial charge in [0.05, 0.1) is 23.9 Å². The fraction of sp³-hybridized carbons (Fsp3) is 0.364. The van der Waals surface area contributed by atoms with Crippen LogP contribution in [-0.2, 0) is 10.9 Å². The minimum Gasteiger partial charge on any atom is -0.480 e. The maximum Gasteiger partial charge on any atom is 0.416 e. The number of aryl methyl sites for hydroxylation is 1. The molecule has 0 saturated heterocycles. The van der Waals surface area contributed by atoms with Crippen LogP contribution in [0.1, 0.15) is 55.5 Å². The highest BCUT2D eigenvalue weighted by Crippen LogP contribution is 2.31. The first-order valence-corrected chi connectivity index (χ1v) is 9.15. The highest BCUT2D eigenvalue weighted by Gasteiger charge is 2.30. The number of unbranched alkanes of at least 4 members (excludes halogenated alkanes) is 2. The number of benzene rings is 1. The number of nitrogens with zero attached hydrogens (tertiary/aromatic N) is 2. The second-order valence-electron chi connectivity index (χ2n) is 6.14. The smallest absolute Gasteiger partial charge is 0.416 e. The fourth-order valence-corrected chi connectivity index (χ4v) is 2.34. The predicted octanol–water partition coefficient (Wildman–Crippen LogP) is 6.67. The Bertz CT molecular complexity index is 796. The third kappa shape index (κ3) is 7.18. The molecule has 2 rings (SSSR count). The molecule has 152 valence electrons. The number of halogens is 3. The van der Waals surface area contributed by atoms with Crippen LogP contribution in [0.5, 0.6) is 0 Å². The Labute approximate surface area is 165 Å². The van der Waals surface area contributed by atoms with Crippen molar-refractivity contribution in [3.8, 4) is 0 Å². The quantitative estimate of drug-likeness (QED) is 0.421. The molecule has 3 nitrogen and oxygen atoms in total.